The predicted octanol–water partition coefficient (Wildman–Crippen LogP) is 4.33. The number of halogens is 2. The highest BCUT2D eigenvalue weighted by Gasteiger charge is 2.14. The SMILES string of the molecule is COc1ccc(Br)cc1CC(=O)c1cc(F)ccc1C. The van der Waals surface area contributed by atoms with Gasteiger partial charge in [-0.15, -0.1) is 0 Å². The number of Topliss-reactive ketones (excluding diaryl/α,β-unsaturated/α-hetero) is 1. The van der Waals surface area contributed by atoms with Crippen molar-refractivity contribution in [3.8, 4) is 5.75 Å². The lowest BCUT2D eigenvalue weighted by Gasteiger charge is -2.10. The molecule has 0 saturated heterocycles. The highest BCUT2D eigenvalue weighted by atomic mass is 79.9. The zero-order valence-electron chi connectivity index (χ0n) is 11.2. The van der Waals surface area contributed by atoms with Crippen molar-refractivity contribution in [2.75, 3.05) is 7.11 Å². The molecular formula is C16H14BrFO2. The van der Waals surface area contributed by atoms with Crippen LogP contribution in [-0.4, -0.2) is 12.9 Å². The Kier molecular flexibility index (Phi) is 4.55. The maximum atomic E-state index is 13.3. The van der Waals surface area contributed by atoms with Crippen molar-refractivity contribution in [3.63, 3.8) is 0 Å². The minimum absolute atomic E-state index is 0.126. The van der Waals surface area contributed by atoms with Gasteiger partial charge in [-0.1, -0.05) is 22.0 Å². The van der Waals surface area contributed by atoms with E-state index in [2.05, 4.69) is 15.9 Å². The number of rotatable bonds is 4. The molecular weight excluding hydrogens is 323 g/mol. The summed E-state index contributed by atoms with van der Waals surface area (Å²) in [6.07, 6.45) is 0.174. The molecule has 4 heteroatoms. The Morgan fingerprint density at radius 1 is 1.25 bits per heavy atom. The summed E-state index contributed by atoms with van der Waals surface area (Å²) in [5.41, 5.74) is 1.95. The molecule has 20 heavy (non-hydrogen) atoms. The van der Waals surface area contributed by atoms with Crippen LogP contribution >= 0.6 is 15.9 Å². The zero-order valence-corrected chi connectivity index (χ0v) is 12.8. The van der Waals surface area contributed by atoms with Crippen LogP contribution in [0.3, 0.4) is 0 Å². The van der Waals surface area contributed by atoms with Crippen molar-refractivity contribution in [2.24, 2.45) is 0 Å². The molecule has 2 rings (SSSR count). The van der Waals surface area contributed by atoms with Crippen LogP contribution < -0.4 is 4.74 Å². The zero-order chi connectivity index (χ0) is 14.7. The van der Waals surface area contributed by atoms with E-state index in [9.17, 15) is 9.18 Å². The molecule has 0 bridgehead atoms. The van der Waals surface area contributed by atoms with E-state index in [1.54, 1.807) is 26.2 Å². The number of benzene rings is 2. The molecule has 0 N–H and O–H groups in total. The second-order valence-corrected chi connectivity index (χ2v) is 5.43. The third kappa shape index (κ3) is 3.25. The first-order chi connectivity index (χ1) is 9.51. The van der Waals surface area contributed by atoms with Crippen molar-refractivity contribution in [1.29, 1.82) is 0 Å². The molecule has 0 aliphatic carbocycles. The number of hydrogen-bond donors (Lipinski definition) is 0. The molecule has 0 spiro atoms. The van der Waals surface area contributed by atoms with Gasteiger partial charge >= 0.3 is 0 Å². The van der Waals surface area contributed by atoms with Gasteiger partial charge in [-0.25, -0.2) is 4.39 Å². The molecule has 0 amide bonds. The van der Waals surface area contributed by atoms with Crippen LogP contribution in [0.25, 0.3) is 0 Å². The van der Waals surface area contributed by atoms with Crippen molar-refractivity contribution in [2.45, 2.75) is 13.3 Å². The predicted molar refractivity (Wildman–Crippen MR) is 79.9 cm³/mol. The molecule has 0 aliphatic heterocycles. The second-order valence-electron chi connectivity index (χ2n) is 4.52. The van der Waals surface area contributed by atoms with Gasteiger partial charge in [0.05, 0.1) is 7.11 Å². The smallest absolute Gasteiger partial charge is 0.167 e. The van der Waals surface area contributed by atoms with Gasteiger partial charge in [-0.3, -0.25) is 4.79 Å². The fraction of sp³-hybridized carbons (Fsp3) is 0.188. The van der Waals surface area contributed by atoms with Gasteiger partial charge in [0.15, 0.2) is 5.78 Å². The van der Waals surface area contributed by atoms with Gasteiger partial charge < -0.3 is 4.74 Å². The third-order valence-electron chi connectivity index (χ3n) is 3.09. The van der Waals surface area contributed by atoms with E-state index in [4.69, 9.17) is 4.74 Å². The van der Waals surface area contributed by atoms with Gasteiger partial charge in [0.25, 0.3) is 0 Å². The van der Waals surface area contributed by atoms with E-state index < -0.39 is 5.82 Å². The van der Waals surface area contributed by atoms with E-state index in [1.807, 2.05) is 12.1 Å². The Morgan fingerprint density at radius 3 is 2.70 bits per heavy atom. The number of ether oxygens (including phenoxy) is 1. The van der Waals surface area contributed by atoms with Crippen LogP contribution in [0, 0.1) is 12.7 Å². The average Bonchev–Trinajstić information content (AvgIpc) is 2.41. The van der Waals surface area contributed by atoms with Crippen LogP contribution in [0.1, 0.15) is 21.5 Å². The van der Waals surface area contributed by atoms with Crippen molar-refractivity contribution in [3.05, 3.63) is 63.4 Å². The number of aryl methyl sites for hydroxylation is 1. The molecule has 0 fully saturated rings. The van der Waals surface area contributed by atoms with Crippen molar-refractivity contribution >= 4 is 21.7 Å². The van der Waals surface area contributed by atoms with E-state index >= 15 is 0 Å². The lowest BCUT2D eigenvalue weighted by atomic mass is 9.98. The highest BCUT2D eigenvalue weighted by molar-refractivity contribution is 9.10. The maximum Gasteiger partial charge on any atom is 0.167 e. The van der Waals surface area contributed by atoms with Gasteiger partial charge in [-0.2, -0.15) is 0 Å². The minimum atomic E-state index is -0.403. The Labute approximate surface area is 125 Å². The first-order valence-corrected chi connectivity index (χ1v) is 6.92. The Morgan fingerprint density at radius 2 is 2.00 bits per heavy atom. The molecule has 2 aromatic carbocycles. The summed E-state index contributed by atoms with van der Waals surface area (Å²) in [4.78, 5) is 12.3. The van der Waals surface area contributed by atoms with E-state index in [0.717, 1.165) is 15.6 Å². The average molecular weight is 337 g/mol. The quantitative estimate of drug-likeness (QED) is 0.776. The molecule has 0 heterocycles. The summed E-state index contributed by atoms with van der Waals surface area (Å²) in [6, 6.07) is 9.73. The molecule has 0 aromatic heterocycles. The van der Waals surface area contributed by atoms with E-state index in [1.165, 1.54) is 12.1 Å². The van der Waals surface area contributed by atoms with E-state index in [0.29, 0.717) is 11.3 Å². The molecule has 0 unspecified atom stereocenters. The molecule has 2 nitrogen and oxygen atoms in total. The number of ketones is 1. The van der Waals surface area contributed by atoms with Gasteiger partial charge in [-0.05, 0) is 42.8 Å². The summed E-state index contributed by atoms with van der Waals surface area (Å²) < 4.78 is 19.4. The highest BCUT2D eigenvalue weighted by Crippen LogP contribution is 2.25. The van der Waals surface area contributed by atoms with Crippen LogP contribution in [0.5, 0.6) is 5.75 Å². The monoisotopic (exact) mass is 336 g/mol. The Bertz CT molecular complexity index is 653. The van der Waals surface area contributed by atoms with Gasteiger partial charge in [0.1, 0.15) is 11.6 Å². The standard InChI is InChI=1S/C16H14BrFO2/c1-10-3-5-13(18)9-14(10)15(19)8-11-7-12(17)4-6-16(11)20-2/h3-7,9H,8H2,1-2H3. The molecule has 2 aromatic rings. The largest absolute Gasteiger partial charge is 0.496 e. The molecule has 0 radical (unpaired) electrons. The first kappa shape index (κ1) is 14.7. The maximum absolute atomic E-state index is 13.3. The minimum Gasteiger partial charge on any atom is -0.496 e. The van der Waals surface area contributed by atoms with Crippen LogP contribution in [0.15, 0.2) is 40.9 Å². The first-order valence-electron chi connectivity index (χ1n) is 6.13. The van der Waals surface area contributed by atoms with Crippen molar-refractivity contribution in [1.82, 2.24) is 0 Å². The second kappa shape index (κ2) is 6.18. The molecule has 0 aliphatic rings. The lowest BCUT2D eigenvalue weighted by molar-refractivity contribution is 0.0991. The topological polar surface area (TPSA) is 26.3 Å². The van der Waals surface area contributed by atoms with Crippen LogP contribution in [0.2, 0.25) is 0 Å². The molecule has 0 atom stereocenters. The number of carbonyl (C=O) groups is 1. The van der Waals surface area contributed by atoms with E-state index in [-0.39, 0.29) is 12.2 Å². The summed E-state index contributed by atoms with van der Waals surface area (Å²) in [5.74, 6) is 0.120. The fourth-order valence-electron chi connectivity index (χ4n) is 2.05. The lowest BCUT2D eigenvalue weighted by Crippen LogP contribution is -2.07. The van der Waals surface area contributed by atoms with Crippen molar-refractivity contribution < 1.29 is 13.9 Å². The summed E-state index contributed by atoms with van der Waals surface area (Å²) in [5, 5.41) is 0. The number of methoxy groups -OCH3 is 1. The summed E-state index contributed by atoms with van der Waals surface area (Å²) >= 11 is 3.37. The normalized spacial score (nSPS) is 10.4. The van der Waals surface area contributed by atoms with Crippen LogP contribution in [0.4, 0.5) is 4.39 Å². The number of hydrogen-bond acceptors (Lipinski definition) is 2. The number of carbonyl (C=O) groups excluding carboxylic acids is 1. The van der Waals surface area contributed by atoms with Gasteiger partial charge in [0, 0.05) is 22.0 Å². The van der Waals surface area contributed by atoms with Crippen LogP contribution in [-0.2, 0) is 6.42 Å². The Hall–Kier alpha value is -1.68. The van der Waals surface area contributed by atoms with Gasteiger partial charge in [0.2, 0.25) is 0 Å². The summed E-state index contributed by atoms with van der Waals surface area (Å²) in [6.45, 7) is 1.80. The molecule has 104 valence electrons. The summed E-state index contributed by atoms with van der Waals surface area (Å²) in [7, 11) is 1.56. The Balaban J connectivity index is 2.32. The molecule has 0 saturated carbocycles. The third-order valence-corrected chi connectivity index (χ3v) is 3.59. The fourth-order valence-corrected chi connectivity index (χ4v) is 2.46.